The summed E-state index contributed by atoms with van der Waals surface area (Å²) in [5, 5.41) is 0.307. The number of Topliss-reactive ketones (excluding diaryl/α,β-unsaturated/α-hetero) is 2. The van der Waals surface area contributed by atoms with Crippen LogP contribution in [0.2, 0.25) is 0 Å². The summed E-state index contributed by atoms with van der Waals surface area (Å²) in [7, 11) is 2.33. The number of hydrogen-bond donors (Lipinski definition) is 1. The van der Waals surface area contributed by atoms with Crippen molar-refractivity contribution >= 4 is 20.8 Å². The first kappa shape index (κ1) is 41.4. The molecule has 0 aromatic carbocycles. The van der Waals surface area contributed by atoms with Gasteiger partial charge in [0.2, 0.25) is 0 Å². The van der Waals surface area contributed by atoms with Crippen LogP contribution < -0.4 is 5.73 Å². The first-order valence-electron chi connectivity index (χ1n) is 12.0. The molecule has 0 heterocycles. The number of hydrogen-bond acceptors (Lipinski definition) is 3. The monoisotopic (exact) mass is 479 g/mol. The van der Waals surface area contributed by atoms with Gasteiger partial charge in [0.15, 0.2) is 11.6 Å². The summed E-state index contributed by atoms with van der Waals surface area (Å²) in [5.41, 5.74) is 7.86. The largest absolute Gasteiger partial charge is 0.320 e. The number of carbonyl (C=O) groups excluding carboxylic acids is 2. The molecule has 3 nitrogen and oxygen atoms in total. The summed E-state index contributed by atoms with van der Waals surface area (Å²) in [6.45, 7) is 33.9. The molecule has 2 unspecified atom stereocenters. The Morgan fingerprint density at radius 3 is 1.61 bits per heavy atom. The van der Waals surface area contributed by atoms with Gasteiger partial charge < -0.3 is 5.73 Å². The molecule has 4 heteroatoms. The molecular formula is C29H54NO2P. The minimum absolute atomic E-state index is 0.224. The Bertz CT molecular complexity index is 662. The quantitative estimate of drug-likeness (QED) is 0.191. The molecule has 1 aliphatic rings. The van der Waals surface area contributed by atoms with Crippen LogP contribution in [0.4, 0.5) is 0 Å². The second-order valence-electron chi connectivity index (χ2n) is 6.87. The van der Waals surface area contributed by atoms with Crippen molar-refractivity contribution in [3.05, 3.63) is 71.6 Å². The fourth-order valence-corrected chi connectivity index (χ4v) is 2.65. The molecule has 0 amide bonds. The first-order valence-corrected chi connectivity index (χ1v) is 12.6. The van der Waals surface area contributed by atoms with E-state index >= 15 is 0 Å². The summed E-state index contributed by atoms with van der Waals surface area (Å²) in [6.07, 6.45) is 8.39. The predicted molar refractivity (Wildman–Crippen MR) is 157 cm³/mol. The Morgan fingerprint density at radius 1 is 0.970 bits per heavy atom. The van der Waals surface area contributed by atoms with Crippen LogP contribution in [0.3, 0.4) is 0 Å². The third-order valence-electron chi connectivity index (χ3n) is 3.27. The van der Waals surface area contributed by atoms with Crippen LogP contribution in [0, 0.1) is 5.92 Å². The van der Waals surface area contributed by atoms with Gasteiger partial charge in [-0.1, -0.05) is 99.6 Å². The van der Waals surface area contributed by atoms with E-state index in [9.17, 15) is 9.59 Å². The van der Waals surface area contributed by atoms with Crippen LogP contribution in [-0.2, 0) is 9.59 Å². The van der Waals surface area contributed by atoms with Gasteiger partial charge in [0.25, 0.3) is 0 Å². The smallest absolute Gasteiger partial charge is 0.193 e. The number of allylic oxidation sites excluding steroid dienone is 6. The van der Waals surface area contributed by atoms with E-state index in [-0.39, 0.29) is 17.1 Å². The molecule has 2 N–H and O–H groups in total. The normalized spacial score (nSPS) is 15.1. The molecule has 0 fully saturated rings. The van der Waals surface area contributed by atoms with E-state index in [1.54, 1.807) is 13.0 Å². The van der Waals surface area contributed by atoms with E-state index in [0.29, 0.717) is 16.5 Å². The summed E-state index contributed by atoms with van der Waals surface area (Å²) < 4.78 is 0. The lowest BCUT2D eigenvalue weighted by atomic mass is 9.82. The summed E-state index contributed by atoms with van der Waals surface area (Å²) in [6, 6.07) is -0.622. The maximum absolute atomic E-state index is 12.5. The van der Waals surface area contributed by atoms with Crippen molar-refractivity contribution in [2.45, 2.75) is 95.5 Å². The number of ketones is 2. The zero-order valence-electron chi connectivity index (χ0n) is 23.8. The predicted octanol–water partition coefficient (Wildman–Crippen LogP) is 8.55. The molecule has 0 saturated carbocycles. The van der Waals surface area contributed by atoms with Gasteiger partial charge in [-0.2, -0.15) is 0 Å². The molecular weight excluding hydrogens is 425 g/mol. The first-order chi connectivity index (χ1) is 15.5. The molecule has 1 aliphatic carbocycles. The lowest BCUT2D eigenvalue weighted by molar-refractivity contribution is -0.116. The molecule has 0 aromatic heterocycles. The van der Waals surface area contributed by atoms with Crippen LogP contribution in [0.1, 0.15) is 89.5 Å². The molecule has 0 aliphatic heterocycles. The van der Waals surface area contributed by atoms with E-state index in [2.05, 4.69) is 63.6 Å². The SMILES string of the molecule is C=C.C=C1C(=O)C(P)=C(C(N)C(/C=C\C)=C/C)C(=O)/C1=C/C.CC.CC.CC(C)C.CCC. The summed E-state index contributed by atoms with van der Waals surface area (Å²) in [5.74, 6) is 0.363. The number of carbonyl (C=O) groups is 2. The standard InChI is InChI=1S/C16H20NO2P.C4H10.C3H8.2C2H6.C2H4/c1-5-8-10(6-2)13(17)12-15(19)11(7-3)9(4)14(18)16(12)20;1-4(2)3;1-3-2;3*1-2/h5-8,13H,4,17,20H2,1-3H3;4H,1-3H3;3H2,1-2H3;2*1-2H3;1-2H2/b8-5-,10-6+,11-7+;;;;;. The highest BCUT2D eigenvalue weighted by atomic mass is 31.0. The third-order valence-corrected chi connectivity index (χ3v) is 3.85. The fourth-order valence-electron chi connectivity index (χ4n) is 2.16. The van der Waals surface area contributed by atoms with Crippen molar-refractivity contribution in [1.82, 2.24) is 0 Å². The van der Waals surface area contributed by atoms with Crippen LogP contribution in [-0.4, -0.2) is 17.6 Å². The van der Waals surface area contributed by atoms with Gasteiger partial charge in [-0.15, -0.1) is 22.4 Å². The van der Waals surface area contributed by atoms with Gasteiger partial charge in [0, 0.05) is 22.0 Å². The van der Waals surface area contributed by atoms with Gasteiger partial charge in [-0.05, 0) is 32.3 Å². The van der Waals surface area contributed by atoms with Crippen LogP contribution in [0.5, 0.6) is 0 Å². The van der Waals surface area contributed by atoms with E-state index in [1.165, 1.54) is 6.42 Å². The highest BCUT2D eigenvalue weighted by Crippen LogP contribution is 2.33. The number of rotatable bonds is 3. The van der Waals surface area contributed by atoms with Gasteiger partial charge in [0.1, 0.15) is 0 Å². The zero-order valence-corrected chi connectivity index (χ0v) is 24.9. The van der Waals surface area contributed by atoms with Crippen molar-refractivity contribution in [2.75, 3.05) is 0 Å². The lowest BCUT2D eigenvalue weighted by Gasteiger charge is -2.25. The minimum Gasteiger partial charge on any atom is -0.320 e. The van der Waals surface area contributed by atoms with E-state index in [1.807, 2.05) is 59.8 Å². The highest BCUT2D eigenvalue weighted by Gasteiger charge is 2.34. The van der Waals surface area contributed by atoms with Crippen molar-refractivity contribution in [2.24, 2.45) is 11.7 Å². The maximum Gasteiger partial charge on any atom is 0.193 e. The molecule has 2 atom stereocenters. The van der Waals surface area contributed by atoms with E-state index < -0.39 is 6.04 Å². The molecule has 0 saturated heterocycles. The molecule has 0 radical (unpaired) electrons. The molecule has 1 rings (SSSR count). The average Bonchev–Trinajstić information content (AvgIpc) is 2.80. The topological polar surface area (TPSA) is 60.2 Å². The Hall–Kier alpha value is -1.83. The van der Waals surface area contributed by atoms with Crippen LogP contribution in [0.25, 0.3) is 0 Å². The van der Waals surface area contributed by atoms with Gasteiger partial charge in [-0.3, -0.25) is 9.59 Å². The molecule has 33 heavy (non-hydrogen) atoms. The second-order valence-corrected chi connectivity index (χ2v) is 7.45. The minimum atomic E-state index is -0.622. The summed E-state index contributed by atoms with van der Waals surface area (Å²) in [4.78, 5) is 24.7. The zero-order chi connectivity index (χ0) is 27.7. The third kappa shape index (κ3) is 17.3. The number of nitrogens with two attached hydrogens (primary N) is 1. The average molecular weight is 480 g/mol. The second kappa shape index (κ2) is 28.2. The van der Waals surface area contributed by atoms with Crippen molar-refractivity contribution in [3.8, 4) is 0 Å². The van der Waals surface area contributed by atoms with Gasteiger partial charge in [-0.25, -0.2) is 0 Å². The fraction of sp³-hybridized carbons (Fsp3) is 0.517. The molecule has 0 spiro atoms. The Kier molecular flexibility index (Phi) is 35.4. The van der Waals surface area contributed by atoms with Crippen LogP contribution >= 0.6 is 9.24 Å². The van der Waals surface area contributed by atoms with Crippen molar-refractivity contribution < 1.29 is 9.59 Å². The molecule has 0 bridgehead atoms. The summed E-state index contributed by atoms with van der Waals surface area (Å²) >= 11 is 0. The van der Waals surface area contributed by atoms with E-state index in [0.717, 1.165) is 11.5 Å². The Morgan fingerprint density at radius 2 is 1.33 bits per heavy atom. The maximum atomic E-state index is 12.5. The Balaban J connectivity index is -0.000000168. The molecule has 192 valence electrons. The van der Waals surface area contributed by atoms with Crippen molar-refractivity contribution in [3.63, 3.8) is 0 Å². The Labute approximate surface area is 209 Å². The lowest BCUT2D eigenvalue weighted by Crippen LogP contribution is -2.35. The molecule has 0 aromatic rings. The van der Waals surface area contributed by atoms with E-state index in [4.69, 9.17) is 5.73 Å². The highest BCUT2D eigenvalue weighted by molar-refractivity contribution is 7.25. The van der Waals surface area contributed by atoms with Gasteiger partial charge in [0.05, 0.1) is 6.04 Å². The van der Waals surface area contributed by atoms with Gasteiger partial charge >= 0.3 is 0 Å². The van der Waals surface area contributed by atoms with Crippen molar-refractivity contribution in [1.29, 1.82) is 0 Å². The van der Waals surface area contributed by atoms with Crippen LogP contribution in [0.15, 0.2) is 71.6 Å².